The third-order valence-electron chi connectivity index (χ3n) is 4.10. The van der Waals surface area contributed by atoms with Gasteiger partial charge in [0, 0.05) is 19.6 Å². The van der Waals surface area contributed by atoms with Crippen molar-refractivity contribution < 1.29 is 19.4 Å². The Morgan fingerprint density at radius 3 is 2.65 bits per heavy atom. The van der Waals surface area contributed by atoms with E-state index in [9.17, 15) is 14.7 Å². The van der Waals surface area contributed by atoms with Gasteiger partial charge in [0.1, 0.15) is 6.04 Å². The highest BCUT2D eigenvalue weighted by Gasteiger charge is 2.38. The minimum absolute atomic E-state index is 0.0931. The van der Waals surface area contributed by atoms with Crippen molar-refractivity contribution in [2.45, 2.75) is 25.4 Å². The lowest BCUT2D eigenvalue weighted by Gasteiger charge is -2.35. The van der Waals surface area contributed by atoms with E-state index in [4.69, 9.17) is 4.74 Å². The van der Waals surface area contributed by atoms with Crippen LogP contribution in [0.3, 0.4) is 0 Å². The van der Waals surface area contributed by atoms with Gasteiger partial charge in [0.2, 0.25) is 5.91 Å². The lowest BCUT2D eigenvalue weighted by Crippen LogP contribution is -2.50. The molecule has 1 saturated heterocycles. The standard InChI is InChI=1S/C15H17NO4/c17-14(12-5-6-20-9-12)16-8-11-4-2-1-3-10(11)7-13(16)15(18)19/h1-4,12-13H,5-9H2,(H,18,19)/t12?,13-/m0/s1. The third-order valence-corrected chi connectivity index (χ3v) is 4.10. The number of hydrogen-bond donors (Lipinski definition) is 1. The summed E-state index contributed by atoms with van der Waals surface area (Å²) in [7, 11) is 0. The molecule has 1 aromatic carbocycles. The van der Waals surface area contributed by atoms with Crippen molar-refractivity contribution in [3.8, 4) is 0 Å². The van der Waals surface area contributed by atoms with Gasteiger partial charge >= 0.3 is 5.97 Å². The Labute approximate surface area is 117 Å². The quantitative estimate of drug-likeness (QED) is 0.876. The number of rotatable bonds is 2. The molecule has 0 saturated carbocycles. The predicted octanol–water partition coefficient (Wildman–Crippen LogP) is 1.06. The summed E-state index contributed by atoms with van der Waals surface area (Å²) >= 11 is 0. The van der Waals surface area contributed by atoms with Crippen LogP contribution in [0.15, 0.2) is 24.3 Å². The summed E-state index contributed by atoms with van der Waals surface area (Å²) in [5, 5.41) is 9.40. The maximum atomic E-state index is 12.5. The van der Waals surface area contributed by atoms with Crippen LogP contribution < -0.4 is 0 Å². The SMILES string of the molecule is O=C(O)[C@@H]1Cc2ccccc2CN1C(=O)C1CCOC1. The minimum Gasteiger partial charge on any atom is -0.480 e. The zero-order chi connectivity index (χ0) is 14.1. The van der Waals surface area contributed by atoms with Crippen molar-refractivity contribution in [2.24, 2.45) is 5.92 Å². The average Bonchev–Trinajstić information content (AvgIpc) is 2.99. The Morgan fingerprint density at radius 1 is 1.25 bits per heavy atom. The summed E-state index contributed by atoms with van der Waals surface area (Å²) < 4.78 is 5.24. The molecule has 106 valence electrons. The van der Waals surface area contributed by atoms with Crippen molar-refractivity contribution in [1.29, 1.82) is 0 Å². The van der Waals surface area contributed by atoms with Crippen LogP contribution in [0, 0.1) is 5.92 Å². The molecular formula is C15H17NO4. The number of carbonyl (C=O) groups excluding carboxylic acids is 1. The van der Waals surface area contributed by atoms with E-state index in [0.29, 0.717) is 32.6 Å². The molecule has 1 aromatic rings. The topological polar surface area (TPSA) is 66.8 Å². The van der Waals surface area contributed by atoms with Crippen molar-refractivity contribution in [3.63, 3.8) is 0 Å². The molecule has 1 unspecified atom stereocenters. The number of ether oxygens (including phenoxy) is 1. The molecule has 2 heterocycles. The van der Waals surface area contributed by atoms with E-state index >= 15 is 0 Å². The normalized spacial score (nSPS) is 25.3. The van der Waals surface area contributed by atoms with E-state index in [1.165, 1.54) is 4.90 Å². The minimum atomic E-state index is -0.938. The lowest BCUT2D eigenvalue weighted by molar-refractivity contribution is -0.153. The summed E-state index contributed by atoms with van der Waals surface area (Å²) in [5.74, 6) is -1.22. The first-order chi connectivity index (χ1) is 9.66. The van der Waals surface area contributed by atoms with Crippen LogP contribution in [0.1, 0.15) is 17.5 Å². The number of carboxylic acids is 1. The molecule has 2 aliphatic rings. The summed E-state index contributed by atoms with van der Waals surface area (Å²) in [6, 6.07) is 6.95. The lowest BCUT2D eigenvalue weighted by atomic mass is 9.92. The van der Waals surface area contributed by atoms with Crippen LogP contribution in [0.4, 0.5) is 0 Å². The zero-order valence-electron chi connectivity index (χ0n) is 11.1. The molecule has 2 atom stereocenters. The first-order valence-corrected chi connectivity index (χ1v) is 6.84. The third kappa shape index (κ3) is 2.29. The van der Waals surface area contributed by atoms with Crippen LogP contribution >= 0.6 is 0 Å². The fraction of sp³-hybridized carbons (Fsp3) is 0.467. The Hall–Kier alpha value is -1.88. The van der Waals surface area contributed by atoms with Crippen LogP contribution in [-0.4, -0.2) is 41.1 Å². The molecule has 5 heteroatoms. The average molecular weight is 275 g/mol. The Kier molecular flexibility index (Phi) is 3.44. The molecule has 2 aliphatic heterocycles. The van der Waals surface area contributed by atoms with Gasteiger partial charge in [-0.25, -0.2) is 4.79 Å². The molecule has 1 fully saturated rings. The molecule has 3 rings (SSSR count). The number of fused-ring (bicyclic) bond motifs is 1. The van der Waals surface area contributed by atoms with Gasteiger partial charge in [-0.1, -0.05) is 24.3 Å². The molecule has 0 bridgehead atoms. The highest BCUT2D eigenvalue weighted by molar-refractivity contribution is 5.86. The molecule has 0 aromatic heterocycles. The van der Waals surface area contributed by atoms with E-state index in [1.54, 1.807) is 0 Å². The first-order valence-electron chi connectivity index (χ1n) is 6.84. The van der Waals surface area contributed by atoms with E-state index in [0.717, 1.165) is 11.1 Å². The molecule has 0 aliphatic carbocycles. The highest BCUT2D eigenvalue weighted by Crippen LogP contribution is 2.26. The maximum Gasteiger partial charge on any atom is 0.326 e. The van der Waals surface area contributed by atoms with E-state index in [1.807, 2.05) is 24.3 Å². The van der Waals surface area contributed by atoms with Crippen molar-refractivity contribution in [1.82, 2.24) is 4.90 Å². The van der Waals surface area contributed by atoms with Crippen LogP contribution in [-0.2, 0) is 27.3 Å². The van der Waals surface area contributed by atoms with Crippen molar-refractivity contribution >= 4 is 11.9 Å². The van der Waals surface area contributed by atoms with Crippen molar-refractivity contribution in [2.75, 3.05) is 13.2 Å². The smallest absolute Gasteiger partial charge is 0.326 e. The van der Waals surface area contributed by atoms with E-state index < -0.39 is 12.0 Å². The molecular weight excluding hydrogens is 258 g/mol. The maximum absolute atomic E-state index is 12.5. The second-order valence-corrected chi connectivity index (χ2v) is 5.35. The van der Waals surface area contributed by atoms with Crippen LogP contribution in [0.5, 0.6) is 0 Å². The number of amides is 1. The molecule has 1 N–H and O–H groups in total. The number of aliphatic carboxylic acids is 1. The number of benzene rings is 1. The molecule has 0 spiro atoms. The largest absolute Gasteiger partial charge is 0.480 e. The van der Waals surface area contributed by atoms with Crippen molar-refractivity contribution in [3.05, 3.63) is 35.4 Å². The summed E-state index contributed by atoms with van der Waals surface area (Å²) in [6.07, 6.45) is 1.06. The fourth-order valence-electron chi connectivity index (χ4n) is 2.94. The number of nitrogens with zero attached hydrogens (tertiary/aromatic N) is 1. The first kappa shape index (κ1) is 13.1. The Morgan fingerprint density at radius 2 is 2.00 bits per heavy atom. The van der Waals surface area contributed by atoms with Crippen LogP contribution in [0.25, 0.3) is 0 Å². The van der Waals surface area contributed by atoms with E-state index in [2.05, 4.69) is 0 Å². The molecule has 20 heavy (non-hydrogen) atoms. The fourth-order valence-corrected chi connectivity index (χ4v) is 2.94. The molecule has 5 nitrogen and oxygen atoms in total. The van der Waals surface area contributed by atoms with E-state index in [-0.39, 0.29) is 11.8 Å². The van der Waals surface area contributed by atoms with Gasteiger partial charge in [-0.3, -0.25) is 4.79 Å². The summed E-state index contributed by atoms with van der Waals surface area (Å²) in [4.78, 5) is 25.5. The van der Waals surface area contributed by atoms with Gasteiger partial charge < -0.3 is 14.7 Å². The number of carbonyl (C=O) groups is 2. The summed E-state index contributed by atoms with van der Waals surface area (Å²) in [5.41, 5.74) is 2.06. The van der Waals surface area contributed by atoms with Gasteiger partial charge in [-0.15, -0.1) is 0 Å². The highest BCUT2D eigenvalue weighted by atomic mass is 16.5. The van der Waals surface area contributed by atoms with Crippen LogP contribution in [0.2, 0.25) is 0 Å². The van der Waals surface area contributed by atoms with Gasteiger partial charge in [-0.05, 0) is 17.5 Å². The molecule has 1 amide bonds. The second kappa shape index (κ2) is 5.25. The summed E-state index contributed by atoms with van der Waals surface area (Å²) in [6.45, 7) is 1.37. The predicted molar refractivity (Wildman–Crippen MR) is 71.0 cm³/mol. The molecule has 0 radical (unpaired) electrons. The monoisotopic (exact) mass is 275 g/mol. The zero-order valence-corrected chi connectivity index (χ0v) is 11.1. The number of carboxylic acid groups (broad SMARTS) is 1. The van der Waals surface area contributed by atoms with Gasteiger partial charge in [-0.2, -0.15) is 0 Å². The Bertz CT molecular complexity index is 536. The van der Waals surface area contributed by atoms with Gasteiger partial charge in [0.25, 0.3) is 0 Å². The second-order valence-electron chi connectivity index (χ2n) is 5.35. The number of hydrogen-bond acceptors (Lipinski definition) is 3. The van der Waals surface area contributed by atoms with Gasteiger partial charge in [0.05, 0.1) is 12.5 Å². The Balaban J connectivity index is 1.88. The van der Waals surface area contributed by atoms with Gasteiger partial charge in [0.15, 0.2) is 0 Å².